The van der Waals surface area contributed by atoms with Crippen LogP contribution in [0.3, 0.4) is 0 Å². The van der Waals surface area contributed by atoms with Gasteiger partial charge in [0.1, 0.15) is 0 Å². The zero-order valence-electron chi connectivity index (χ0n) is 16.0. The third-order valence-corrected chi connectivity index (χ3v) is 4.58. The minimum Gasteiger partial charge on any atom is -0.357 e. The van der Waals surface area contributed by atoms with E-state index in [0.29, 0.717) is 12.1 Å². The quantitative estimate of drug-likeness (QED) is 0.616. The molecule has 5 heteroatoms. The number of carbonyl (C=O) groups excluding carboxylic acids is 1. The molecule has 2 N–H and O–H groups in total. The van der Waals surface area contributed by atoms with E-state index in [-0.39, 0.29) is 5.91 Å². The highest BCUT2D eigenvalue weighted by molar-refractivity contribution is 5.93. The van der Waals surface area contributed by atoms with Gasteiger partial charge in [-0.1, -0.05) is 26.0 Å². The van der Waals surface area contributed by atoms with Gasteiger partial charge < -0.3 is 15.5 Å². The average molecular weight is 345 g/mol. The van der Waals surface area contributed by atoms with Crippen molar-refractivity contribution in [3.8, 4) is 0 Å². The van der Waals surface area contributed by atoms with E-state index in [9.17, 15) is 4.79 Å². The Morgan fingerprint density at radius 2 is 2.04 bits per heavy atom. The lowest BCUT2D eigenvalue weighted by Gasteiger charge is -2.22. The lowest BCUT2D eigenvalue weighted by Crippen LogP contribution is -2.40. The fraction of sp³-hybridized carbons (Fsp3) is 0.600. The van der Waals surface area contributed by atoms with E-state index in [4.69, 9.17) is 4.99 Å². The average Bonchev–Trinajstić information content (AvgIpc) is 3.06. The minimum atomic E-state index is -0.0587. The van der Waals surface area contributed by atoms with Gasteiger partial charge in [0.05, 0.1) is 6.54 Å². The van der Waals surface area contributed by atoms with Crippen LogP contribution in [0.2, 0.25) is 0 Å². The molecule has 1 heterocycles. The van der Waals surface area contributed by atoms with Crippen LogP contribution >= 0.6 is 0 Å². The molecule has 1 atom stereocenters. The van der Waals surface area contributed by atoms with Crippen molar-refractivity contribution in [2.75, 3.05) is 26.7 Å². The Labute approximate surface area is 151 Å². The van der Waals surface area contributed by atoms with E-state index < -0.39 is 0 Å². The van der Waals surface area contributed by atoms with Gasteiger partial charge in [-0.3, -0.25) is 4.79 Å². The maximum atomic E-state index is 11.6. The normalized spacial score (nSPS) is 17.9. The summed E-state index contributed by atoms with van der Waals surface area (Å²) in [6.45, 7) is 10.4. The fourth-order valence-corrected chi connectivity index (χ4v) is 3.38. The number of nitrogens with one attached hydrogen (secondary N) is 2. The SMILES string of the molecule is CCNC(=NCc1ccc(C(=O)NC)cc1)N1CCC(CC(C)C)C1. The Hall–Kier alpha value is -2.04. The second-order valence-corrected chi connectivity index (χ2v) is 7.18. The molecule has 25 heavy (non-hydrogen) atoms. The third-order valence-electron chi connectivity index (χ3n) is 4.58. The number of likely N-dealkylation sites (tertiary alicyclic amines) is 1. The van der Waals surface area contributed by atoms with E-state index in [1.165, 1.54) is 12.8 Å². The van der Waals surface area contributed by atoms with Crippen molar-refractivity contribution in [3.63, 3.8) is 0 Å². The summed E-state index contributed by atoms with van der Waals surface area (Å²) in [5, 5.41) is 6.06. The number of benzene rings is 1. The summed E-state index contributed by atoms with van der Waals surface area (Å²) < 4.78 is 0. The van der Waals surface area contributed by atoms with Crippen LogP contribution in [0, 0.1) is 11.8 Å². The molecule has 1 aromatic carbocycles. The van der Waals surface area contributed by atoms with Crippen molar-refractivity contribution in [2.24, 2.45) is 16.8 Å². The Balaban J connectivity index is 1.99. The van der Waals surface area contributed by atoms with Crippen LogP contribution in [0.4, 0.5) is 0 Å². The molecule has 1 unspecified atom stereocenters. The standard InChI is InChI=1S/C20H32N4O/c1-5-22-20(24-11-10-17(14-24)12-15(2)3)23-13-16-6-8-18(9-7-16)19(25)21-4/h6-9,15,17H,5,10-14H2,1-4H3,(H,21,25)(H,22,23). The molecule has 0 aliphatic carbocycles. The van der Waals surface area contributed by atoms with E-state index >= 15 is 0 Å². The lowest BCUT2D eigenvalue weighted by molar-refractivity contribution is 0.0963. The molecule has 0 saturated carbocycles. The van der Waals surface area contributed by atoms with Gasteiger partial charge >= 0.3 is 0 Å². The largest absolute Gasteiger partial charge is 0.357 e. The summed E-state index contributed by atoms with van der Waals surface area (Å²) in [6, 6.07) is 7.66. The van der Waals surface area contributed by atoms with E-state index in [1.807, 2.05) is 24.3 Å². The van der Waals surface area contributed by atoms with Crippen molar-refractivity contribution in [1.29, 1.82) is 0 Å². The first kappa shape index (κ1) is 19.3. The first-order valence-electron chi connectivity index (χ1n) is 9.37. The Kier molecular flexibility index (Phi) is 7.29. The van der Waals surface area contributed by atoms with Crippen LogP contribution in [0.1, 0.15) is 49.5 Å². The second-order valence-electron chi connectivity index (χ2n) is 7.18. The highest BCUT2D eigenvalue weighted by atomic mass is 16.1. The molecule has 2 rings (SSSR count). The van der Waals surface area contributed by atoms with Gasteiger partial charge in [0, 0.05) is 32.2 Å². The number of nitrogens with zero attached hydrogens (tertiary/aromatic N) is 2. The molecule has 1 aliphatic heterocycles. The lowest BCUT2D eigenvalue weighted by atomic mass is 9.97. The molecule has 1 aliphatic rings. The summed E-state index contributed by atoms with van der Waals surface area (Å²) in [7, 11) is 1.64. The van der Waals surface area contributed by atoms with Gasteiger partial charge in [-0.25, -0.2) is 4.99 Å². The number of amides is 1. The number of aliphatic imine (C=N–C) groups is 1. The topological polar surface area (TPSA) is 56.7 Å². The van der Waals surface area contributed by atoms with Crippen LogP contribution in [-0.2, 0) is 6.54 Å². The molecule has 138 valence electrons. The van der Waals surface area contributed by atoms with Crippen molar-refractivity contribution in [3.05, 3.63) is 35.4 Å². The van der Waals surface area contributed by atoms with Crippen LogP contribution in [0.25, 0.3) is 0 Å². The summed E-state index contributed by atoms with van der Waals surface area (Å²) in [6.07, 6.45) is 2.54. The van der Waals surface area contributed by atoms with E-state index in [0.717, 1.165) is 43.0 Å². The van der Waals surface area contributed by atoms with Gasteiger partial charge in [-0.2, -0.15) is 0 Å². The molecule has 1 saturated heterocycles. The smallest absolute Gasteiger partial charge is 0.251 e. The summed E-state index contributed by atoms with van der Waals surface area (Å²) >= 11 is 0. The fourth-order valence-electron chi connectivity index (χ4n) is 3.38. The zero-order valence-corrected chi connectivity index (χ0v) is 16.0. The molecule has 1 aromatic rings. The van der Waals surface area contributed by atoms with Gasteiger partial charge in [-0.05, 0) is 49.3 Å². The summed E-state index contributed by atoms with van der Waals surface area (Å²) in [5.41, 5.74) is 1.79. The molecule has 5 nitrogen and oxygen atoms in total. The molecule has 0 aromatic heterocycles. The van der Waals surface area contributed by atoms with Crippen molar-refractivity contribution in [1.82, 2.24) is 15.5 Å². The Morgan fingerprint density at radius 1 is 1.32 bits per heavy atom. The number of hydrogen-bond acceptors (Lipinski definition) is 2. The number of hydrogen-bond donors (Lipinski definition) is 2. The monoisotopic (exact) mass is 344 g/mol. The molecule has 0 radical (unpaired) electrons. The number of rotatable bonds is 6. The highest BCUT2D eigenvalue weighted by Crippen LogP contribution is 2.23. The predicted octanol–water partition coefficient (Wildman–Crippen LogP) is 2.88. The third kappa shape index (κ3) is 5.76. The Bertz CT molecular complexity index is 580. The van der Waals surface area contributed by atoms with E-state index in [2.05, 4.69) is 36.3 Å². The van der Waals surface area contributed by atoms with Crippen molar-refractivity contribution in [2.45, 2.75) is 40.2 Å². The predicted molar refractivity (Wildman–Crippen MR) is 104 cm³/mol. The second kappa shape index (κ2) is 9.44. The summed E-state index contributed by atoms with van der Waals surface area (Å²) in [4.78, 5) is 18.8. The summed E-state index contributed by atoms with van der Waals surface area (Å²) in [5.74, 6) is 2.47. The zero-order chi connectivity index (χ0) is 18.2. The molecule has 0 spiro atoms. The first-order chi connectivity index (χ1) is 12.0. The van der Waals surface area contributed by atoms with Crippen LogP contribution in [0.15, 0.2) is 29.3 Å². The molecule has 1 fully saturated rings. The van der Waals surface area contributed by atoms with E-state index in [1.54, 1.807) is 7.05 Å². The number of carbonyl (C=O) groups is 1. The molecule has 1 amide bonds. The first-order valence-corrected chi connectivity index (χ1v) is 9.37. The molecule has 0 bridgehead atoms. The van der Waals surface area contributed by atoms with Crippen molar-refractivity contribution < 1.29 is 4.79 Å². The minimum absolute atomic E-state index is 0.0587. The van der Waals surface area contributed by atoms with Crippen molar-refractivity contribution >= 4 is 11.9 Å². The van der Waals surface area contributed by atoms with Crippen LogP contribution in [-0.4, -0.2) is 43.4 Å². The maximum Gasteiger partial charge on any atom is 0.251 e. The van der Waals surface area contributed by atoms with Gasteiger partial charge in [0.15, 0.2) is 5.96 Å². The maximum absolute atomic E-state index is 11.6. The van der Waals surface area contributed by atoms with Gasteiger partial charge in [-0.15, -0.1) is 0 Å². The van der Waals surface area contributed by atoms with Crippen LogP contribution < -0.4 is 10.6 Å². The Morgan fingerprint density at radius 3 is 2.64 bits per heavy atom. The highest BCUT2D eigenvalue weighted by Gasteiger charge is 2.25. The molecular weight excluding hydrogens is 312 g/mol. The number of guanidine groups is 1. The van der Waals surface area contributed by atoms with Gasteiger partial charge in [0.25, 0.3) is 5.91 Å². The van der Waals surface area contributed by atoms with Crippen LogP contribution in [0.5, 0.6) is 0 Å². The van der Waals surface area contributed by atoms with Gasteiger partial charge in [0.2, 0.25) is 0 Å². The molecular formula is C20H32N4O.